The molecule has 16 heavy (non-hydrogen) atoms. The Bertz CT molecular complexity index is 163. The minimum Gasteiger partial charge on any atom is -0.480 e. The second kappa shape index (κ2) is 11.5. The van der Waals surface area contributed by atoms with E-state index in [1.807, 2.05) is 0 Å². The number of carboxylic acid groups (broad SMARTS) is 1. The van der Waals surface area contributed by atoms with Crippen molar-refractivity contribution < 1.29 is 33.5 Å². The van der Waals surface area contributed by atoms with Gasteiger partial charge in [-0.1, -0.05) is 19.3 Å². The first-order valence-electron chi connectivity index (χ1n) is 5.62. The predicted molar refractivity (Wildman–Crippen MR) is 60.7 cm³/mol. The molecule has 0 aromatic heterocycles. The normalized spacial score (nSPS) is 16.0. The van der Waals surface area contributed by atoms with Crippen LogP contribution in [0.15, 0.2) is 0 Å². The molecule has 0 radical (unpaired) electrons. The molecule has 0 aromatic rings. The Morgan fingerprint density at radius 2 is 1.69 bits per heavy atom. The fourth-order valence-electron chi connectivity index (χ4n) is 1.42. The smallest absolute Gasteiger partial charge is 0.480 e. The van der Waals surface area contributed by atoms with Gasteiger partial charge in [-0.15, -0.1) is 0 Å². The largest absolute Gasteiger partial charge is 1.00 e. The van der Waals surface area contributed by atoms with Crippen LogP contribution in [0.25, 0.3) is 0 Å². The van der Waals surface area contributed by atoms with Gasteiger partial charge in [0.2, 0.25) is 0 Å². The SMILES string of the molecule is C[C-](C)C.O=C(O)COC1CCCCC1.[Li+]. The van der Waals surface area contributed by atoms with Crippen LogP contribution in [0, 0.1) is 5.92 Å². The zero-order valence-corrected chi connectivity index (χ0v) is 11.1. The second-order valence-corrected chi connectivity index (χ2v) is 4.46. The number of hydrogen-bond donors (Lipinski definition) is 1. The average Bonchev–Trinajstić information content (AvgIpc) is 2.15. The molecule has 1 rings (SSSR count). The number of carboxylic acids is 1. The molecule has 4 heteroatoms. The molecule has 0 saturated heterocycles. The molecule has 0 amide bonds. The molecule has 0 spiro atoms. The fraction of sp³-hybridized carbons (Fsp3) is 0.833. The van der Waals surface area contributed by atoms with E-state index < -0.39 is 5.97 Å². The number of ether oxygens (including phenoxy) is 1. The Balaban J connectivity index is 0. The van der Waals surface area contributed by atoms with Gasteiger partial charge in [0.15, 0.2) is 0 Å². The van der Waals surface area contributed by atoms with Crippen molar-refractivity contribution in [2.45, 2.75) is 59.0 Å². The number of rotatable bonds is 3. The van der Waals surface area contributed by atoms with Gasteiger partial charge < -0.3 is 15.8 Å². The molecule has 3 nitrogen and oxygen atoms in total. The summed E-state index contributed by atoms with van der Waals surface area (Å²) in [5.41, 5.74) is 0. The summed E-state index contributed by atoms with van der Waals surface area (Å²) in [5, 5.41) is 8.32. The summed E-state index contributed by atoms with van der Waals surface area (Å²) in [7, 11) is 0. The molecule has 0 bridgehead atoms. The van der Waals surface area contributed by atoms with Crippen LogP contribution in [-0.2, 0) is 9.53 Å². The monoisotopic (exact) mass is 222 g/mol. The summed E-state index contributed by atoms with van der Waals surface area (Å²) in [6.45, 7) is 6.12. The van der Waals surface area contributed by atoms with E-state index in [0.717, 1.165) is 12.8 Å². The van der Waals surface area contributed by atoms with Crippen molar-refractivity contribution in [2.24, 2.45) is 0 Å². The Labute approximate surface area is 111 Å². The van der Waals surface area contributed by atoms with Crippen molar-refractivity contribution in [3.8, 4) is 0 Å². The van der Waals surface area contributed by atoms with Crippen molar-refractivity contribution in [1.29, 1.82) is 0 Å². The summed E-state index contributed by atoms with van der Waals surface area (Å²) >= 11 is 0. The molecule has 0 heterocycles. The van der Waals surface area contributed by atoms with Gasteiger partial charge in [-0.3, -0.25) is 0 Å². The van der Waals surface area contributed by atoms with Crippen LogP contribution < -0.4 is 18.9 Å². The summed E-state index contributed by atoms with van der Waals surface area (Å²) in [6, 6.07) is 0. The summed E-state index contributed by atoms with van der Waals surface area (Å²) in [4.78, 5) is 10.1. The third-order valence-electron chi connectivity index (χ3n) is 1.99. The van der Waals surface area contributed by atoms with Gasteiger partial charge >= 0.3 is 24.8 Å². The minimum atomic E-state index is -0.865. The summed E-state index contributed by atoms with van der Waals surface area (Å²) < 4.78 is 5.14. The van der Waals surface area contributed by atoms with E-state index in [2.05, 4.69) is 20.8 Å². The van der Waals surface area contributed by atoms with E-state index in [9.17, 15) is 4.79 Å². The number of aliphatic carboxylic acids is 1. The second-order valence-electron chi connectivity index (χ2n) is 4.46. The maximum atomic E-state index is 10.1. The van der Waals surface area contributed by atoms with Gasteiger partial charge in [-0.25, -0.2) is 4.79 Å². The number of carbonyl (C=O) groups is 1. The quantitative estimate of drug-likeness (QED) is 0.542. The van der Waals surface area contributed by atoms with E-state index in [4.69, 9.17) is 9.84 Å². The molecule has 0 atom stereocenters. The van der Waals surface area contributed by atoms with Crippen molar-refractivity contribution >= 4 is 5.97 Å². The van der Waals surface area contributed by atoms with Crippen molar-refractivity contribution in [2.75, 3.05) is 6.61 Å². The topological polar surface area (TPSA) is 46.5 Å². The molecule has 1 N–H and O–H groups in total. The first-order chi connectivity index (χ1) is 7.02. The number of hydrogen-bond acceptors (Lipinski definition) is 2. The Morgan fingerprint density at radius 1 is 1.25 bits per heavy atom. The third kappa shape index (κ3) is 14.0. The first-order valence-corrected chi connectivity index (χ1v) is 5.62. The molecule has 0 aromatic carbocycles. The minimum absolute atomic E-state index is 0. The van der Waals surface area contributed by atoms with Crippen molar-refractivity contribution in [1.82, 2.24) is 0 Å². The van der Waals surface area contributed by atoms with Gasteiger partial charge in [0.1, 0.15) is 6.61 Å². The Morgan fingerprint density at radius 3 is 2.06 bits per heavy atom. The Hall–Kier alpha value is 0.0274. The maximum Gasteiger partial charge on any atom is 1.00 e. The van der Waals surface area contributed by atoms with Crippen molar-refractivity contribution in [3.05, 3.63) is 5.92 Å². The third-order valence-corrected chi connectivity index (χ3v) is 1.99. The van der Waals surface area contributed by atoms with Crippen LogP contribution in [-0.4, -0.2) is 23.8 Å². The standard InChI is InChI=1S/C8H14O3.C4H9.Li/c9-8(10)6-11-7-4-2-1-3-5-7;1-4(2)3;/h7H,1-6H2,(H,9,10);1-3H3;/q;-1;+1. The molecule has 0 unspecified atom stereocenters. The molecule has 1 fully saturated rings. The van der Waals surface area contributed by atoms with Gasteiger partial charge in [0.25, 0.3) is 0 Å². The first kappa shape index (κ1) is 18.4. The summed E-state index contributed by atoms with van der Waals surface area (Å²) in [5.74, 6) is 0.551. The van der Waals surface area contributed by atoms with E-state index in [-0.39, 0.29) is 31.6 Å². The molecule has 90 valence electrons. The van der Waals surface area contributed by atoms with Gasteiger partial charge in [-0.2, -0.15) is 20.8 Å². The molecular weight excluding hydrogens is 199 g/mol. The molecule has 0 aliphatic heterocycles. The van der Waals surface area contributed by atoms with E-state index in [1.54, 1.807) is 0 Å². The van der Waals surface area contributed by atoms with E-state index in [0.29, 0.717) is 0 Å². The molecule has 1 aliphatic rings. The van der Waals surface area contributed by atoms with Crippen LogP contribution in [0.1, 0.15) is 52.9 Å². The predicted octanol–water partition coefficient (Wildman–Crippen LogP) is 0.0449. The Kier molecular flexibility index (Phi) is 13.2. The van der Waals surface area contributed by atoms with Crippen LogP contribution in [0.5, 0.6) is 0 Å². The van der Waals surface area contributed by atoms with Crippen molar-refractivity contribution in [3.63, 3.8) is 0 Å². The zero-order chi connectivity index (χ0) is 11.7. The van der Waals surface area contributed by atoms with Gasteiger partial charge in [0, 0.05) is 0 Å². The zero-order valence-electron chi connectivity index (χ0n) is 11.1. The van der Waals surface area contributed by atoms with Crippen LogP contribution in [0.2, 0.25) is 0 Å². The molecular formula is C12H23LiO3. The fourth-order valence-corrected chi connectivity index (χ4v) is 1.42. The van der Waals surface area contributed by atoms with Crippen LogP contribution in [0.4, 0.5) is 0 Å². The molecule has 1 saturated carbocycles. The van der Waals surface area contributed by atoms with E-state index >= 15 is 0 Å². The summed E-state index contributed by atoms with van der Waals surface area (Å²) in [6.07, 6.45) is 5.92. The maximum absolute atomic E-state index is 10.1. The molecule has 1 aliphatic carbocycles. The average molecular weight is 222 g/mol. The van der Waals surface area contributed by atoms with Crippen LogP contribution in [0.3, 0.4) is 0 Å². The van der Waals surface area contributed by atoms with Crippen LogP contribution >= 0.6 is 0 Å². The van der Waals surface area contributed by atoms with Gasteiger partial charge in [0.05, 0.1) is 6.10 Å². The van der Waals surface area contributed by atoms with Gasteiger partial charge in [-0.05, 0) is 12.8 Å². The van der Waals surface area contributed by atoms with E-state index in [1.165, 1.54) is 25.2 Å².